The van der Waals surface area contributed by atoms with E-state index < -0.39 is 11.5 Å². The normalized spacial score (nSPS) is 33.2. The number of piperidine rings is 1. The van der Waals surface area contributed by atoms with Crippen LogP contribution in [-0.4, -0.2) is 71.4 Å². The van der Waals surface area contributed by atoms with Gasteiger partial charge in [-0.1, -0.05) is 0 Å². The van der Waals surface area contributed by atoms with Crippen molar-refractivity contribution in [3.8, 4) is 0 Å². The largest absolute Gasteiger partial charge is 0.396 e. The van der Waals surface area contributed by atoms with Gasteiger partial charge in [0.05, 0.1) is 24.7 Å². The lowest BCUT2D eigenvalue weighted by Gasteiger charge is -2.46. The molecule has 2 unspecified atom stereocenters. The molecule has 0 bridgehead atoms. The Labute approximate surface area is 83.6 Å². The first kappa shape index (κ1) is 11.9. The lowest BCUT2D eigenvalue weighted by Crippen LogP contribution is -2.59. The molecule has 2 atom stereocenters. The minimum atomic E-state index is -0.902. The Hall–Kier alpha value is -0.200. The van der Waals surface area contributed by atoms with Gasteiger partial charge in [-0.2, -0.15) is 0 Å². The highest BCUT2D eigenvalue weighted by Gasteiger charge is 2.45. The summed E-state index contributed by atoms with van der Waals surface area (Å²) in [5, 5.41) is 37.4. The summed E-state index contributed by atoms with van der Waals surface area (Å²) in [6, 6.07) is 0. The van der Waals surface area contributed by atoms with Crippen molar-refractivity contribution in [1.29, 1.82) is 0 Å². The highest BCUT2D eigenvalue weighted by Crippen LogP contribution is 2.32. The molecule has 0 amide bonds. The van der Waals surface area contributed by atoms with Crippen molar-refractivity contribution < 1.29 is 20.4 Å². The number of aliphatic hydroxyl groups excluding tert-OH is 4. The SMILES string of the molecule is CN1CC(CO)C(O)C(CO)(CO)C1. The molecule has 0 radical (unpaired) electrons. The van der Waals surface area contributed by atoms with Gasteiger partial charge in [-0.15, -0.1) is 0 Å². The summed E-state index contributed by atoms with van der Waals surface area (Å²) in [5.41, 5.74) is -0.902. The highest BCUT2D eigenvalue weighted by molar-refractivity contribution is 4.96. The molecule has 1 rings (SSSR count). The Morgan fingerprint density at radius 2 is 1.86 bits per heavy atom. The number of likely N-dealkylation sites (tertiary alicyclic amines) is 1. The first-order valence-electron chi connectivity index (χ1n) is 4.79. The van der Waals surface area contributed by atoms with Crippen LogP contribution >= 0.6 is 0 Å². The van der Waals surface area contributed by atoms with Gasteiger partial charge in [0.25, 0.3) is 0 Å². The molecule has 0 saturated carbocycles. The van der Waals surface area contributed by atoms with Crippen LogP contribution in [0.3, 0.4) is 0 Å². The summed E-state index contributed by atoms with van der Waals surface area (Å²) in [5.74, 6) is -0.298. The maximum absolute atomic E-state index is 9.89. The zero-order valence-electron chi connectivity index (χ0n) is 8.43. The fraction of sp³-hybridized carbons (Fsp3) is 1.00. The number of hydrogen-bond donors (Lipinski definition) is 4. The van der Waals surface area contributed by atoms with Gasteiger partial charge in [0, 0.05) is 25.6 Å². The second kappa shape index (κ2) is 4.55. The fourth-order valence-corrected chi connectivity index (χ4v) is 2.19. The highest BCUT2D eigenvalue weighted by atomic mass is 16.3. The molecule has 0 aliphatic carbocycles. The summed E-state index contributed by atoms with van der Waals surface area (Å²) < 4.78 is 0. The predicted octanol–water partition coefficient (Wildman–Crippen LogP) is -2.13. The van der Waals surface area contributed by atoms with Crippen LogP contribution < -0.4 is 0 Å². The molecule has 1 aliphatic heterocycles. The lowest BCUT2D eigenvalue weighted by atomic mass is 9.74. The minimum Gasteiger partial charge on any atom is -0.396 e. The summed E-state index contributed by atoms with van der Waals surface area (Å²) in [7, 11) is 1.84. The van der Waals surface area contributed by atoms with E-state index in [9.17, 15) is 15.3 Å². The van der Waals surface area contributed by atoms with Crippen LogP contribution in [0.1, 0.15) is 0 Å². The number of hydrogen-bond acceptors (Lipinski definition) is 5. The standard InChI is InChI=1S/C9H19NO4/c1-10-2-7(3-11)8(14)9(4-10,5-12)6-13/h7-8,11-14H,2-6H2,1H3. The maximum atomic E-state index is 9.89. The second-order valence-corrected chi connectivity index (χ2v) is 4.26. The van der Waals surface area contributed by atoms with E-state index in [2.05, 4.69) is 0 Å². The summed E-state index contributed by atoms with van der Waals surface area (Å²) in [6.07, 6.45) is -0.848. The summed E-state index contributed by atoms with van der Waals surface area (Å²) >= 11 is 0. The molecule has 84 valence electrons. The van der Waals surface area contributed by atoms with E-state index in [-0.39, 0.29) is 25.7 Å². The van der Waals surface area contributed by atoms with E-state index in [4.69, 9.17) is 5.11 Å². The van der Waals surface area contributed by atoms with E-state index >= 15 is 0 Å². The van der Waals surface area contributed by atoms with Crippen LogP contribution in [0.5, 0.6) is 0 Å². The van der Waals surface area contributed by atoms with Crippen LogP contribution in [0, 0.1) is 11.3 Å². The Balaban J connectivity index is 2.82. The maximum Gasteiger partial charge on any atom is 0.0715 e. The molecule has 5 nitrogen and oxygen atoms in total. The average molecular weight is 205 g/mol. The van der Waals surface area contributed by atoms with Crippen molar-refractivity contribution in [2.75, 3.05) is 40.0 Å². The molecule has 1 aliphatic rings. The molecule has 1 heterocycles. The van der Waals surface area contributed by atoms with E-state index in [0.717, 1.165) is 0 Å². The van der Waals surface area contributed by atoms with Gasteiger partial charge in [0.15, 0.2) is 0 Å². The molecule has 1 saturated heterocycles. The van der Waals surface area contributed by atoms with E-state index in [1.54, 1.807) is 0 Å². The zero-order valence-corrected chi connectivity index (χ0v) is 8.43. The van der Waals surface area contributed by atoms with Gasteiger partial charge in [-0.3, -0.25) is 0 Å². The molecule has 1 fully saturated rings. The van der Waals surface area contributed by atoms with Gasteiger partial charge in [0.2, 0.25) is 0 Å². The van der Waals surface area contributed by atoms with Gasteiger partial charge < -0.3 is 25.3 Å². The fourth-order valence-electron chi connectivity index (χ4n) is 2.19. The molecular formula is C9H19NO4. The van der Waals surface area contributed by atoms with Gasteiger partial charge in [0.1, 0.15) is 0 Å². The van der Waals surface area contributed by atoms with E-state index in [1.165, 1.54) is 0 Å². The molecule has 14 heavy (non-hydrogen) atoms. The zero-order chi connectivity index (χ0) is 10.8. The molecule has 0 aromatic heterocycles. The van der Waals surface area contributed by atoms with Crippen molar-refractivity contribution >= 4 is 0 Å². The van der Waals surface area contributed by atoms with Crippen molar-refractivity contribution in [1.82, 2.24) is 4.90 Å². The Morgan fingerprint density at radius 1 is 1.29 bits per heavy atom. The third-order valence-electron chi connectivity index (χ3n) is 3.07. The third kappa shape index (κ3) is 1.92. The molecule has 0 spiro atoms. The van der Waals surface area contributed by atoms with E-state index in [1.807, 2.05) is 11.9 Å². The topological polar surface area (TPSA) is 84.2 Å². The molecule has 5 heteroatoms. The van der Waals surface area contributed by atoms with Crippen molar-refractivity contribution in [3.63, 3.8) is 0 Å². The lowest BCUT2D eigenvalue weighted by molar-refractivity contribution is -0.133. The van der Waals surface area contributed by atoms with Crippen molar-refractivity contribution in [3.05, 3.63) is 0 Å². The molecular weight excluding hydrogens is 186 g/mol. The van der Waals surface area contributed by atoms with Crippen LogP contribution in [-0.2, 0) is 0 Å². The van der Waals surface area contributed by atoms with Crippen LogP contribution in [0.15, 0.2) is 0 Å². The van der Waals surface area contributed by atoms with E-state index in [0.29, 0.717) is 13.1 Å². The van der Waals surface area contributed by atoms with Crippen molar-refractivity contribution in [2.24, 2.45) is 11.3 Å². The number of nitrogens with zero attached hydrogens (tertiary/aromatic N) is 1. The Morgan fingerprint density at radius 3 is 2.29 bits per heavy atom. The number of aliphatic hydroxyl groups is 4. The average Bonchev–Trinajstić information content (AvgIpc) is 2.21. The van der Waals surface area contributed by atoms with Gasteiger partial charge in [-0.25, -0.2) is 0 Å². The minimum absolute atomic E-state index is 0.132. The monoisotopic (exact) mass is 205 g/mol. The third-order valence-corrected chi connectivity index (χ3v) is 3.07. The molecule has 0 aromatic rings. The van der Waals surface area contributed by atoms with Crippen LogP contribution in [0.2, 0.25) is 0 Å². The number of rotatable bonds is 3. The Bertz CT molecular complexity index is 184. The van der Waals surface area contributed by atoms with Gasteiger partial charge in [-0.05, 0) is 7.05 Å². The van der Waals surface area contributed by atoms with Crippen LogP contribution in [0.25, 0.3) is 0 Å². The van der Waals surface area contributed by atoms with Crippen LogP contribution in [0.4, 0.5) is 0 Å². The summed E-state index contributed by atoms with van der Waals surface area (Å²) in [6.45, 7) is 0.349. The van der Waals surface area contributed by atoms with Gasteiger partial charge >= 0.3 is 0 Å². The molecule has 4 N–H and O–H groups in total. The first-order valence-corrected chi connectivity index (χ1v) is 4.79. The molecule has 0 aromatic carbocycles. The summed E-state index contributed by atoms with van der Waals surface area (Å²) in [4.78, 5) is 1.90. The predicted molar refractivity (Wildman–Crippen MR) is 50.7 cm³/mol. The quantitative estimate of drug-likeness (QED) is 0.423. The smallest absolute Gasteiger partial charge is 0.0715 e. The first-order chi connectivity index (χ1) is 6.59. The Kier molecular flexibility index (Phi) is 3.86. The second-order valence-electron chi connectivity index (χ2n) is 4.26. The van der Waals surface area contributed by atoms with Crippen molar-refractivity contribution in [2.45, 2.75) is 6.10 Å².